The van der Waals surface area contributed by atoms with Crippen LogP contribution in [-0.2, 0) is 9.47 Å². The Kier molecular flexibility index (Phi) is 4.93. The number of ether oxygens (including phenoxy) is 2. The third-order valence-corrected chi connectivity index (χ3v) is 3.66. The van der Waals surface area contributed by atoms with Gasteiger partial charge in [0.25, 0.3) is 0 Å². The lowest BCUT2D eigenvalue weighted by Crippen LogP contribution is -2.17. The predicted octanol–water partition coefficient (Wildman–Crippen LogP) is 2.17. The van der Waals surface area contributed by atoms with Gasteiger partial charge in [0.15, 0.2) is 0 Å². The minimum absolute atomic E-state index is 0.0210. The van der Waals surface area contributed by atoms with Gasteiger partial charge in [0, 0.05) is 35.9 Å². The first-order valence-corrected chi connectivity index (χ1v) is 7.55. The van der Waals surface area contributed by atoms with E-state index in [0.717, 1.165) is 0 Å². The molecule has 0 aliphatic heterocycles. The molecule has 3 aromatic rings. The van der Waals surface area contributed by atoms with Gasteiger partial charge in [-0.05, 0) is 24.3 Å². The molecular weight excluding hydrogens is 336 g/mol. The van der Waals surface area contributed by atoms with Crippen molar-refractivity contribution in [2.75, 3.05) is 14.2 Å². The van der Waals surface area contributed by atoms with Crippen LogP contribution < -0.4 is 0 Å². The first-order chi connectivity index (χ1) is 12.7. The second kappa shape index (κ2) is 7.47. The molecule has 0 N–H and O–H groups in total. The van der Waals surface area contributed by atoms with Crippen LogP contribution in [0.1, 0.15) is 20.7 Å². The minimum atomic E-state index is -0.720. The summed E-state index contributed by atoms with van der Waals surface area (Å²) in [6, 6.07) is 6.63. The SMILES string of the molecule is COC(=O)c1c(-c2ccncc2)nnc(-c2ccncc2)c1C(=O)OC. The van der Waals surface area contributed by atoms with Gasteiger partial charge in [0.1, 0.15) is 22.5 Å². The van der Waals surface area contributed by atoms with E-state index in [4.69, 9.17) is 9.47 Å². The van der Waals surface area contributed by atoms with E-state index in [1.54, 1.807) is 49.1 Å². The highest BCUT2D eigenvalue weighted by atomic mass is 16.5. The van der Waals surface area contributed by atoms with Crippen molar-refractivity contribution >= 4 is 11.9 Å². The first-order valence-electron chi connectivity index (χ1n) is 7.55. The Morgan fingerprint density at radius 3 is 1.35 bits per heavy atom. The highest BCUT2D eigenvalue weighted by Crippen LogP contribution is 2.30. The van der Waals surface area contributed by atoms with Crippen molar-refractivity contribution in [2.24, 2.45) is 0 Å². The van der Waals surface area contributed by atoms with Crippen LogP contribution in [0, 0.1) is 0 Å². The van der Waals surface area contributed by atoms with Crippen LogP contribution >= 0.6 is 0 Å². The van der Waals surface area contributed by atoms with Gasteiger partial charge in [0.05, 0.1) is 14.2 Å². The summed E-state index contributed by atoms with van der Waals surface area (Å²) in [4.78, 5) is 32.9. The molecule has 0 saturated carbocycles. The Hall–Kier alpha value is -3.68. The molecule has 0 unspecified atom stereocenters. The Balaban J connectivity index is 2.36. The number of aromatic nitrogens is 4. The summed E-state index contributed by atoms with van der Waals surface area (Å²) < 4.78 is 9.76. The number of hydrogen-bond acceptors (Lipinski definition) is 8. The molecule has 0 aliphatic carbocycles. The summed E-state index contributed by atoms with van der Waals surface area (Å²) in [5, 5.41) is 8.33. The Bertz CT molecular complexity index is 868. The highest BCUT2D eigenvalue weighted by molar-refractivity contribution is 6.10. The van der Waals surface area contributed by atoms with Gasteiger partial charge < -0.3 is 9.47 Å². The topological polar surface area (TPSA) is 104 Å². The average Bonchev–Trinajstić information content (AvgIpc) is 2.72. The number of esters is 2. The van der Waals surface area contributed by atoms with E-state index in [2.05, 4.69) is 20.2 Å². The summed E-state index contributed by atoms with van der Waals surface area (Å²) in [6.07, 6.45) is 6.19. The zero-order chi connectivity index (χ0) is 18.5. The van der Waals surface area contributed by atoms with Gasteiger partial charge in [-0.1, -0.05) is 0 Å². The Labute approximate surface area is 148 Å². The van der Waals surface area contributed by atoms with Gasteiger partial charge >= 0.3 is 11.9 Å². The minimum Gasteiger partial charge on any atom is -0.465 e. The zero-order valence-electron chi connectivity index (χ0n) is 14.0. The maximum absolute atomic E-state index is 12.5. The number of hydrogen-bond donors (Lipinski definition) is 0. The second-order valence-electron chi connectivity index (χ2n) is 5.10. The normalized spacial score (nSPS) is 10.2. The number of rotatable bonds is 4. The summed E-state index contributed by atoms with van der Waals surface area (Å²) in [6.45, 7) is 0. The van der Waals surface area contributed by atoms with E-state index >= 15 is 0 Å². The lowest BCUT2D eigenvalue weighted by molar-refractivity contribution is 0.0555. The Morgan fingerprint density at radius 2 is 1.04 bits per heavy atom. The molecule has 3 rings (SSSR count). The lowest BCUT2D eigenvalue weighted by atomic mass is 9.98. The molecule has 0 spiro atoms. The molecule has 8 nitrogen and oxygen atoms in total. The van der Waals surface area contributed by atoms with Gasteiger partial charge in [-0.2, -0.15) is 0 Å². The quantitative estimate of drug-likeness (QED) is 0.659. The predicted molar refractivity (Wildman–Crippen MR) is 91.2 cm³/mol. The van der Waals surface area contributed by atoms with E-state index in [1.165, 1.54) is 14.2 Å². The van der Waals surface area contributed by atoms with Gasteiger partial charge in [-0.3, -0.25) is 9.97 Å². The van der Waals surface area contributed by atoms with Gasteiger partial charge in [-0.15, -0.1) is 10.2 Å². The standard InChI is InChI=1S/C18H14N4O4/c1-25-17(23)13-14(18(24)26-2)16(12-5-9-20-10-6-12)22-21-15(13)11-3-7-19-8-4-11/h3-10H,1-2H3. The molecule has 0 atom stereocenters. The molecule has 3 aromatic heterocycles. The van der Waals surface area contributed by atoms with Crippen LogP contribution in [0.5, 0.6) is 0 Å². The third kappa shape index (κ3) is 3.12. The van der Waals surface area contributed by atoms with E-state index in [9.17, 15) is 9.59 Å². The lowest BCUT2D eigenvalue weighted by Gasteiger charge is -2.14. The summed E-state index contributed by atoms with van der Waals surface area (Å²) in [5.41, 5.74) is 1.51. The van der Waals surface area contributed by atoms with E-state index in [0.29, 0.717) is 11.1 Å². The van der Waals surface area contributed by atoms with E-state index in [-0.39, 0.29) is 22.5 Å². The van der Waals surface area contributed by atoms with Crippen molar-refractivity contribution in [1.82, 2.24) is 20.2 Å². The number of carbonyl (C=O) groups is 2. The first kappa shape index (κ1) is 17.2. The number of nitrogens with zero attached hydrogens (tertiary/aromatic N) is 4. The molecule has 3 heterocycles. The van der Waals surface area contributed by atoms with E-state index in [1.807, 2.05) is 0 Å². The van der Waals surface area contributed by atoms with Crippen molar-refractivity contribution in [3.05, 3.63) is 60.2 Å². The van der Waals surface area contributed by atoms with Crippen LogP contribution in [0.3, 0.4) is 0 Å². The molecule has 0 aliphatic rings. The van der Waals surface area contributed by atoms with Crippen molar-refractivity contribution in [3.8, 4) is 22.5 Å². The van der Waals surface area contributed by atoms with Crippen LogP contribution in [0.4, 0.5) is 0 Å². The van der Waals surface area contributed by atoms with Crippen molar-refractivity contribution in [2.45, 2.75) is 0 Å². The fraction of sp³-hybridized carbons (Fsp3) is 0.111. The fourth-order valence-corrected chi connectivity index (χ4v) is 2.46. The zero-order valence-corrected chi connectivity index (χ0v) is 14.0. The third-order valence-electron chi connectivity index (χ3n) is 3.66. The number of pyridine rings is 2. The number of carbonyl (C=O) groups excluding carboxylic acids is 2. The van der Waals surface area contributed by atoms with Gasteiger partial charge in [0.2, 0.25) is 0 Å². The molecule has 0 fully saturated rings. The smallest absolute Gasteiger partial charge is 0.341 e. The highest BCUT2D eigenvalue weighted by Gasteiger charge is 2.29. The molecule has 0 aromatic carbocycles. The summed E-state index contributed by atoms with van der Waals surface area (Å²) in [5.74, 6) is -1.44. The molecule has 130 valence electrons. The van der Waals surface area contributed by atoms with Crippen LogP contribution in [0.15, 0.2) is 49.1 Å². The Morgan fingerprint density at radius 1 is 0.692 bits per heavy atom. The van der Waals surface area contributed by atoms with Crippen LogP contribution in [0.25, 0.3) is 22.5 Å². The largest absolute Gasteiger partial charge is 0.465 e. The van der Waals surface area contributed by atoms with Crippen molar-refractivity contribution in [1.29, 1.82) is 0 Å². The molecular formula is C18H14N4O4. The van der Waals surface area contributed by atoms with Crippen molar-refractivity contribution < 1.29 is 19.1 Å². The van der Waals surface area contributed by atoms with E-state index < -0.39 is 11.9 Å². The summed E-state index contributed by atoms with van der Waals surface area (Å²) >= 11 is 0. The van der Waals surface area contributed by atoms with Crippen LogP contribution in [-0.4, -0.2) is 46.3 Å². The second-order valence-corrected chi connectivity index (χ2v) is 5.10. The number of methoxy groups -OCH3 is 2. The summed E-state index contributed by atoms with van der Waals surface area (Å²) in [7, 11) is 2.46. The van der Waals surface area contributed by atoms with Crippen molar-refractivity contribution in [3.63, 3.8) is 0 Å². The molecule has 0 radical (unpaired) electrons. The molecule has 0 amide bonds. The molecule has 26 heavy (non-hydrogen) atoms. The monoisotopic (exact) mass is 350 g/mol. The fourth-order valence-electron chi connectivity index (χ4n) is 2.46. The molecule has 8 heteroatoms. The average molecular weight is 350 g/mol. The maximum Gasteiger partial charge on any atom is 0.341 e. The van der Waals surface area contributed by atoms with Gasteiger partial charge in [-0.25, -0.2) is 9.59 Å². The molecule has 0 bridgehead atoms. The maximum atomic E-state index is 12.5. The molecule has 0 saturated heterocycles. The van der Waals surface area contributed by atoms with Crippen LogP contribution in [0.2, 0.25) is 0 Å².